The van der Waals surface area contributed by atoms with Gasteiger partial charge in [0.1, 0.15) is 5.75 Å². The van der Waals surface area contributed by atoms with Crippen LogP contribution in [0, 0.1) is 2.88 Å². The molecule has 0 saturated heterocycles. The molecule has 1 nitrogen and oxygen atoms in total. The summed E-state index contributed by atoms with van der Waals surface area (Å²) in [6, 6.07) is 6.49. The molecule has 74 valence electrons. The van der Waals surface area contributed by atoms with Crippen LogP contribution in [-0.2, 0) is 5.33 Å². The van der Waals surface area contributed by atoms with Crippen LogP contribution in [0.3, 0.4) is 0 Å². The van der Waals surface area contributed by atoms with E-state index in [9.17, 15) is 0 Å². The molecule has 0 saturated carbocycles. The van der Waals surface area contributed by atoms with E-state index in [2.05, 4.69) is 56.7 Å². The predicted octanol–water partition coefficient (Wildman–Crippen LogP) is 4.41. The number of rotatable bonds is 2. The summed E-state index contributed by atoms with van der Waals surface area (Å²) >= 11 is 7.60. The van der Waals surface area contributed by atoms with Crippen molar-refractivity contribution in [3.05, 3.63) is 26.6 Å². The van der Waals surface area contributed by atoms with E-state index in [4.69, 9.17) is 4.74 Å². The van der Waals surface area contributed by atoms with Gasteiger partial charge in [0.15, 0.2) is 0 Å². The molecule has 1 aromatic heterocycles. The minimum Gasteiger partial charge on any atom is -0.496 e. The number of ether oxygens (including phenoxy) is 1. The van der Waals surface area contributed by atoms with E-state index in [1.165, 1.54) is 18.5 Å². The van der Waals surface area contributed by atoms with Gasteiger partial charge in [-0.3, -0.25) is 0 Å². The zero-order valence-electron chi connectivity index (χ0n) is 7.51. The van der Waals surface area contributed by atoms with Gasteiger partial charge in [-0.05, 0) is 46.2 Å². The predicted molar refractivity (Wildman–Crippen MR) is 73.7 cm³/mol. The summed E-state index contributed by atoms with van der Waals surface area (Å²) in [7, 11) is 1.71. The molecule has 0 aliphatic carbocycles. The molecule has 0 radical (unpaired) electrons. The molecule has 1 heterocycles. The van der Waals surface area contributed by atoms with Gasteiger partial charge in [0.2, 0.25) is 0 Å². The maximum Gasteiger partial charge on any atom is 0.124 e. The molecule has 0 fully saturated rings. The second-order valence-corrected chi connectivity index (χ2v) is 6.42. The molecule has 2 rings (SSSR count). The second-order valence-electron chi connectivity index (χ2n) is 2.89. The summed E-state index contributed by atoms with van der Waals surface area (Å²) in [6.07, 6.45) is 0. The van der Waals surface area contributed by atoms with Gasteiger partial charge in [-0.2, -0.15) is 0 Å². The highest BCUT2D eigenvalue weighted by molar-refractivity contribution is 14.1. The standard InChI is InChI=1S/C10H8BrIOS/c1-13-8-4-9-6(2-7(8)5-11)3-10(12)14-9/h2-4H,5H2,1H3. The number of halogens is 2. The monoisotopic (exact) mass is 382 g/mol. The van der Waals surface area contributed by atoms with Gasteiger partial charge in [0, 0.05) is 15.6 Å². The smallest absolute Gasteiger partial charge is 0.124 e. The summed E-state index contributed by atoms with van der Waals surface area (Å²) in [4.78, 5) is 0. The average Bonchev–Trinajstić information content (AvgIpc) is 2.54. The lowest BCUT2D eigenvalue weighted by Gasteiger charge is -2.05. The Morgan fingerprint density at radius 1 is 1.43 bits per heavy atom. The molecule has 0 N–H and O–H groups in total. The van der Waals surface area contributed by atoms with Gasteiger partial charge in [-0.1, -0.05) is 15.9 Å². The summed E-state index contributed by atoms with van der Waals surface area (Å²) < 4.78 is 7.93. The fourth-order valence-electron chi connectivity index (χ4n) is 1.38. The highest BCUT2D eigenvalue weighted by Gasteiger charge is 2.06. The zero-order chi connectivity index (χ0) is 10.1. The lowest BCUT2D eigenvalue weighted by molar-refractivity contribution is 0.412. The van der Waals surface area contributed by atoms with Crippen molar-refractivity contribution < 1.29 is 4.74 Å². The Morgan fingerprint density at radius 2 is 2.21 bits per heavy atom. The van der Waals surface area contributed by atoms with E-state index in [1.54, 1.807) is 18.4 Å². The third kappa shape index (κ3) is 1.92. The van der Waals surface area contributed by atoms with E-state index in [1.807, 2.05) is 0 Å². The molecule has 14 heavy (non-hydrogen) atoms. The molecule has 2 aromatic rings. The summed E-state index contributed by atoms with van der Waals surface area (Å²) in [5.74, 6) is 0.965. The summed E-state index contributed by atoms with van der Waals surface area (Å²) in [6.45, 7) is 0. The van der Waals surface area contributed by atoms with Crippen LogP contribution in [0.2, 0.25) is 0 Å². The number of fused-ring (bicyclic) bond motifs is 1. The van der Waals surface area contributed by atoms with Crippen molar-refractivity contribution in [3.8, 4) is 5.75 Å². The lowest BCUT2D eigenvalue weighted by atomic mass is 10.2. The largest absolute Gasteiger partial charge is 0.496 e. The van der Waals surface area contributed by atoms with Gasteiger partial charge in [-0.15, -0.1) is 11.3 Å². The molecule has 0 aliphatic rings. The van der Waals surface area contributed by atoms with Crippen LogP contribution < -0.4 is 4.74 Å². The Hall–Kier alpha value is 0.190. The number of thiophene rings is 1. The van der Waals surface area contributed by atoms with Crippen LogP contribution in [0.5, 0.6) is 5.75 Å². The molecule has 4 heteroatoms. The van der Waals surface area contributed by atoms with Gasteiger partial charge in [0.25, 0.3) is 0 Å². The van der Waals surface area contributed by atoms with Gasteiger partial charge in [0.05, 0.1) is 9.99 Å². The number of benzene rings is 1. The van der Waals surface area contributed by atoms with Crippen molar-refractivity contribution >= 4 is 59.9 Å². The maximum atomic E-state index is 5.33. The first-order chi connectivity index (χ1) is 6.74. The quantitative estimate of drug-likeness (QED) is 0.552. The highest BCUT2D eigenvalue weighted by atomic mass is 127. The lowest BCUT2D eigenvalue weighted by Crippen LogP contribution is -1.88. The Balaban J connectivity index is 2.68. The van der Waals surface area contributed by atoms with Gasteiger partial charge >= 0.3 is 0 Å². The molecule has 1 aromatic carbocycles. The maximum absolute atomic E-state index is 5.33. The zero-order valence-corrected chi connectivity index (χ0v) is 12.1. The third-order valence-electron chi connectivity index (χ3n) is 2.03. The number of hydrogen-bond donors (Lipinski definition) is 0. The Labute approximate surface area is 109 Å². The fraction of sp³-hybridized carbons (Fsp3) is 0.200. The minimum atomic E-state index is 0.832. The van der Waals surface area contributed by atoms with Crippen molar-refractivity contribution in [3.63, 3.8) is 0 Å². The van der Waals surface area contributed by atoms with E-state index in [-0.39, 0.29) is 0 Å². The average molecular weight is 383 g/mol. The van der Waals surface area contributed by atoms with E-state index >= 15 is 0 Å². The Bertz CT molecular complexity index is 425. The topological polar surface area (TPSA) is 9.23 Å². The molecule has 0 bridgehead atoms. The molecule has 0 atom stereocenters. The Kier molecular flexibility index (Phi) is 3.34. The van der Waals surface area contributed by atoms with Crippen LogP contribution in [0.4, 0.5) is 0 Å². The van der Waals surface area contributed by atoms with Crippen molar-refractivity contribution in [2.75, 3.05) is 7.11 Å². The number of alkyl halides is 1. The first-order valence-corrected chi connectivity index (χ1v) is 7.08. The van der Waals surface area contributed by atoms with Gasteiger partial charge in [-0.25, -0.2) is 0 Å². The van der Waals surface area contributed by atoms with Crippen LogP contribution in [0.25, 0.3) is 10.1 Å². The van der Waals surface area contributed by atoms with Crippen LogP contribution >= 0.6 is 49.9 Å². The van der Waals surface area contributed by atoms with Crippen molar-refractivity contribution in [1.82, 2.24) is 0 Å². The third-order valence-corrected chi connectivity index (χ3v) is 4.50. The second kappa shape index (κ2) is 4.37. The number of methoxy groups -OCH3 is 1. The molecule has 0 aliphatic heterocycles. The van der Waals surface area contributed by atoms with Crippen LogP contribution in [-0.4, -0.2) is 7.11 Å². The van der Waals surface area contributed by atoms with Crippen molar-refractivity contribution in [1.29, 1.82) is 0 Å². The van der Waals surface area contributed by atoms with Crippen LogP contribution in [0.1, 0.15) is 5.56 Å². The minimum absolute atomic E-state index is 0.832. The molecule has 0 amide bonds. The molecule has 0 spiro atoms. The van der Waals surface area contributed by atoms with E-state index in [0.29, 0.717) is 0 Å². The SMILES string of the molecule is COc1cc2sc(I)cc2cc1CBr. The van der Waals surface area contributed by atoms with Crippen molar-refractivity contribution in [2.24, 2.45) is 0 Å². The highest BCUT2D eigenvalue weighted by Crippen LogP contribution is 2.33. The molecular formula is C10H8BrIOS. The van der Waals surface area contributed by atoms with E-state index < -0.39 is 0 Å². The normalized spacial score (nSPS) is 10.8. The Morgan fingerprint density at radius 3 is 2.86 bits per heavy atom. The fourth-order valence-corrected chi connectivity index (χ4v) is 3.66. The summed E-state index contributed by atoms with van der Waals surface area (Å²) in [5, 5.41) is 2.13. The first-order valence-electron chi connectivity index (χ1n) is 4.06. The summed E-state index contributed by atoms with van der Waals surface area (Å²) in [5.41, 5.74) is 1.20. The molecular weight excluding hydrogens is 375 g/mol. The van der Waals surface area contributed by atoms with E-state index in [0.717, 1.165) is 11.1 Å². The molecule has 0 unspecified atom stereocenters. The van der Waals surface area contributed by atoms with Gasteiger partial charge < -0.3 is 4.74 Å². The number of hydrogen-bond acceptors (Lipinski definition) is 2. The van der Waals surface area contributed by atoms with Crippen LogP contribution in [0.15, 0.2) is 18.2 Å². The first kappa shape index (κ1) is 10.7. The van der Waals surface area contributed by atoms with Crippen molar-refractivity contribution in [2.45, 2.75) is 5.33 Å².